The molecule has 2 aromatic heterocycles. The monoisotopic (exact) mass is 346 g/mol. The molecule has 0 N–H and O–H groups in total. The quantitative estimate of drug-likeness (QED) is 0.797. The van der Waals surface area contributed by atoms with Crippen molar-refractivity contribution in [3.63, 3.8) is 0 Å². The largest absolute Gasteiger partial charge is 0.302 e. The Labute approximate surface area is 145 Å². The Kier molecular flexibility index (Phi) is 5.06. The lowest BCUT2D eigenvalue weighted by Crippen LogP contribution is -2.48. The van der Waals surface area contributed by atoms with Crippen molar-refractivity contribution in [2.24, 2.45) is 0 Å². The average Bonchev–Trinajstić information content (AvgIpc) is 3.40. The summed E-state index contributed by atoms with van der Waals surface area (Å²) in [5.41, 5.74) is 1.67. The minimum atomic E-state index is -0.0810. The first-order valence-electron chi connectivity index (χ1n) is 7.92. The van der Waals surface area contributed by atoms with Crippen LogP contribution in [0.3, 0.4) is 0 Å². The van der Waals surface area contributed by atoms with Crippen LogP contribution in [0.4, 0.5) is 0 Å². The highest BCUT2D eigenvalue weighted by molar-refractivity contribution is 6.29. The second kappa shape index (κ2) is 7.23. The Bertz CT molecular complexity index is 782. The number of carbonyl (C=O) groups excluding carboxylic acids is 1. The summed E-state index contributed by atoms with van der Waals surface area (Å²) in [5.74, 6) is 0.615. The molecule has 24 heavy (non-hydrogen) atoms. The molecule has 6 nitrogen and oxygen atoms in total. The van der Waals surface area contributed by atoms with Crippen molar-refractivity contribution in [1.29, 1.82) is 0 Å². The highest BCUT2D eigenvalue weighted by Gasteiger charge is 2.26. The number of carbonyl (C=O) groups is 1. The van der Waals surface area contributed by atoms with Crippen LogP contribution in [0.1, 0.15) is 40.9 Å². The molecular weight excluding hydrogens is 328 g/mol. The summed E-state index contributed by atoms with van der Waals surface area (Å²) in [6.07, 6.45) is 4.93. The molecule has 4 rings (SSSR count). The van der Waals surface area contributed by atoms with Gasteiger partial charge in [-0.3, -0.25) is 14.6 Å². The second-order valence-electron chi connectivity index (χ2n) is 6.18. The fourth-order valence-corrected chi connectivity index (χ4v) is 2.90. The highest BCUT2D eigenvalue weighted by Crippen LogP contribution is 2.40. The fourth-order valence-electron chi connectivity index (χ4n) is 2.75. The molecule has 0 unspecified atom stereocenters. The summed E-state index contributed by atoms with van der Waals surface area (Å²) < 4.78 is 1.46. The van der Waals surface area contributed by atoms with Crippen molar-refractivity contribution in [3.05, 3.63) is 57.2 Å². The van der Waals surface area contributed by atoms with Gasteiger partial charge in [0.2, 0.25) is 0 Å². The first-order valence-corrected chi connectivity index (χ1v) is 8.30. The van der Waals surface area contributed by atoms with E-state index in [0.717, 1.165) is 24.9 Å². The maximum Gasteiger partial charge on any atom is 0.267 e. The molecule has 126 valence electrons. The van der Waals surface area contributed by atoms with Crippen LogP contribution in [0, 0.1) is 0 Å². The number of aldehydes is 1. The van der Waals surface area contributed by atoms with Crippen molar-refractivity contribution >= 4 is 17.9 Å². The summed E-state index contributed by atoms with van der Waals surface area (Å²) in [6.45, 7) is 1.74. The first-order chi connectivity index (χ1) is 11.6. The van der Waals surface area contributed by atoms with E-state index in [1.54, 1.807) is 6.20 Å². The van der Waals surface area contributed by atoms with Gasteiger partial charge >= 0.3 is 0 Å². The Balaban J connectivity index is 0.000000143. The van der Waals surface area contributed by atoms with Gasteiger partial charge in [-0.25, -0.2) is 4.68 Å². The molecule has 0 spiro atoms. The smallest absolute Gasteiger partial charge is 0.267 e. The number of pyridine rings is 1. The van der Waals surface area contributed by atoms with Crippen molar-refractivity contribution in [1.82, 2.24) is 19.7 Å². The molecule has 2 fully saturated rings. The maximum absolute atomic E-state index is 11.3. The van der Waals surface area contributed by atoms with E-state index in [9.17, 15) is 9.59 Å². The van der Waals surface area contributed by atoms with E-state index < -0.39 is 0 Å². The summed E-state index contributed by atoms with van der Waals surface area (Å²) in [6, 6.07) is 7.04. The predicted molar refractivity (Wildman–Crippen MR) is 91.6 cm³/mol. The first kappa shape index (κ1) is 16.8. The van der Waals surface area contributed by atoms with E-state index >= 15 is 0 Å². The van der Waals surface area contributed by atoms with Gasteiger partial charge in [0.25, 0.3) is 5.56 Å². The number of rotatable bonds is 3. The highest BCUT2D eigenvalue weighted by atomic mass is 35.5. The minimum absolute atomic E-state index is 0.0810. The number of likely N-dealkylation sites (N-methyl/N-ethyl adjacent to an activating group) is 1. The third-order valence-corrected chi connectivity index (χ3v) is 4.38. The van der Waals surface area contributed by atoms with Gasteiger partial charge in [0.1, 0.15) is 10.8 Å². The summed E-state index contributed by atoms with van der Waals surface area (Å²) in [5, 5.41) is 4.34. The molecule has 7 heteroatoms. The molecule has 0 radical (unpaired) electrons. The van der Waals surface area contributed by atoms with Gasteiger partial charge in [-0.2, -0.15) is 5.10 Å². The Morgan fingerprint density at radius 2 is 2.00 bits per heavy atom. The van der Waals surface area contributed by atoms with Crippen molar-refractivity contribution < 1.29 is 4.79 Å². The molecule has 2 aromatic rings. The lowest BCUT2D eigenvalue weighted by atomic mass is 10.1. The van der Waals surface area contributed by atoms with Gasteiger partial charge in [-0.1, -0.05) is 17.7 Å². The number of nitrogens with zero attached hydrogens (tertiary/aromatic N) is 4. The normalized spacial score (nSPS) is 17.6. The fraction of sp³-hybridized carbons (Fsp3) is 0.412. The van der Waals surface area contributed by atoms with Gasteiger partial charge in [-0.05, 0) is 43.5 Å². The van der Waals surface area contributed by atoms with Crippen LogP contribution in [0.5, 0.6) is 0 Å². The molecule has 1 saturated carbocycles. The van der Waals surface area contributed by atoms with Crippen molar-refractivity contribution in [2.45, 2.75) is 24.8 Å². The van der Waals surface area contributed by atoms with Gasteiger partial charge in [0, 0.05) is 25.4 Å². The minimum Gasteiger partial charge on any atom is -0.302 e. The van der Waals surface area contributed by atoms with Crippen LogP contribution in [-0.4, -0.2) is 46.1 Å². The van der Waals surface area contributed by atoms with Gasteiger partial charge in [0.05, 0.1) is 6.04 Å². The SMILES string of the molecule is CN1CC(n2nc(Cl)ccc2=O)C1.O=Cc1ncccc1C1CC1. The number of likely N-dealkylation sites (tertiary alicyclic amines) is 1. The second-order valence-corrected chi connectivity index (χ2v) is 6.57. The number of aromatic nitrogens is 3. The van der Waals surface area contributed by atoms with Crippen LogP contribution in [0.25, 0.3) is 0 Å². The summed E-state index contributed by atoms with van der Waals surface area (Å²) in [4.78, 5) is 27.9. The lowest BCUT2D eigenvalue weighted by Gasteiger charge is -2.36. The molecule has 0 bridgehead atoms. The molecule has 1 aliphatic carbocycles. The topological polar surface area (TPSA) is 68.1 Å². The molecule has 0 aromatic carbocycles. The zero-order valence-corrected chi connectivity index (χ0v) is 14.2. The molecule has 0 amide bonds. The average molecular weight is 347 g/mol. The standard InChI is InChI=1S/C9H9NO.C8H10ClN3O/c11-6-9-8(7-3-4-7)2-1-5-10-9;1-11-4-6(5-11)12-8(13)3-2-7(9)10-12/h1-2,5-7H,3-4H2;2-3,6H,4-5H2,1H3. The van der Waals surface area contributed by atoms with E-state index in [-0.39, 0.29) is 11.6 Å². The number of hydrogen-bond donors (Lipinski definition) is 0. The lowest BCUT2D eigenvalue weighted by molar-refractivity contribution is 0.111. The van der Waals surface area contributed by atoms with Crippen LogP contribution in [0.15, 0.2) is 35.3 Å². The van der Waals surface area contributed by atoms with Gasteiger partial charge in [-0.15, -0.1) is 0 Å². The Morgan fingerprint density at radius 3 is 2.62 bits per heavy atom. The molecule has 1 saturated heterocycles. The molecule has 1 aliphatic heterocycles. The Hall–Kier alpha value is -2.05. The van der Waals surface area contributed by atoms with E-state index in [4.69, 9.17) is 11.6 Å². The van der Waals surface area contributed by atoms with Crippen LogP contribution >= 0.6 is 11.6 Å². The summed E-state index contributed by atoms with van der Waals surface area (Å²) >= 11 is 5.69. The third-order valence-electron chi connectivity index (χ3n) is 4.18. The summed E-state index contributed by atoms with van der Waals surface area (Å²) in [7, 11) is 2.01. The maximum atomic E-state index is 11.3. The molecule has 0 atom stereocenters. The Morgan fingerprint density at radius 1 is 1.25 bits per heavy atom. The van der Waals surface area contributed by atoms with Gasteiger partial charge < -0.3 is 4.90 Å². The van der Waals surface area contributed by atoms with Crippen LogP contribution < -0.4 is 5.56 Å². The number of hydrogen-bond acceptors (Lipinski definition) is 5. The molecular formula is C17H19ClN4O2. The molecule has 3 heterocycles. The number of halogens is 1. The van der Waals surface area contributed by atoms with E-state index in [0.29, 0.717) is 16.8 Å². The van der Waals surface area contributed by atoms with Crippen molar-refractivity contribution in [2.75, 3.05) is 20.1 Å². The van der Waals surface area contributed by atoms with E-state index in [2.05, 4.69) is 15.0 Å². The molecule has 2 aliphatic rings. The predicted octanol–water partition coefficient (Wildman–Crippen LogP) is 2.15. The van der Waals surface area contributed by atoms with E-state index in [1.807, 2.05) is 19.2 Å². The zero-order valence-electron chi connectivity index (χ0n) is 13.4. The third kappa shape index (κ3) is 3.88. The van der Waals surface area contributed by atoms with Crippen LogP contribution in [0.2, 0.25) is 5.15 Å². The van der Waals surface area contributed by atoms with E-state index in [1.165, 1.54) is 29.7 Å². The zero-order chi connectivity index (χ0) is 17.1. The van der Waals surface area contributed by atoms with Gasteiger partial charge in [0.15, 0.2) is 6.29 Å². The van der Waals surface area contributed by atoms with Crippen molar-refractivity contribution in [3.8, 4) is 0 Å². The van der Waals surface area contributed by atoms with Crippen LogP contribution in [-0.2, 0) is 0 Å².